The van der Waals surface area contributed by atoms with E-state index in [-0.39, 0.29) is 0 Å². The highest BCUT2D eigenvalue weighted by Gasteiger charge is 2.24. The first kappa shape index (κ1) is 7.73. The van der Waals surface area contributed by atoms with Crippen LogP contribution in [0.25, 0.3) is 0 Å². The maximum atomic E-state index is 5.09. The van der Waals surface area contributed by atoms with Crippen molar-refractivity contribution in [1.82, 2.24) is 15.5 Å². The Balaban J connectivity index is 2.12. The van der Waals surface area contributed by atoms with E-state index in [1.54, 1.807) is 0 Å². The number of nitrogens with zero attached hydrogens (tertiary/aromatic N) is 2. The molecule has 0 spiro atoms. The smallest absolute Gasteiger partial charge is 0.229 e. The minimum Gasteiger partial charge on any atom is -0.339 e. The molecule has 0 saturated carbocycles. The fourth-order valence-corrected chi connectivity index (χ4v) is 1.12. The van der Waals surface area contributed by atoms with Crippen molar-refractivity contribution in [3.63, 3.8) is 0 Å². The monoisotopic (exact) mass is 167 g/mol. The van der Waals surface area contributed by atoms with Crippen molar-refractivity contribution in [1.29, 1.82) is 0 Å². The van der Waals surface area contributed by atoms with Gasteiger partial charge in [0.05, 0.1) is 0 Å². The van der Waals surface area contributed by atoms with Gasteiger partial charge in [0.2, 0.25) is 5.89 Å². The second-order valence-electron chi connectivity index (χ2n) is 3.50. The van der Waals surface area contributed by atoms with Gasteiger partial charge in [0.15, 0.2) is 5.82 Å². The fraction of sp³-hybridized carbons (Fsp3) is 0.750. The molecule has 2 heterocycles. The van der Waals surface area contributed by atoms with Gasteiger partial charge >= 0.3 is 0 Å². The molecule has 1 N–H and O–H groups in total. The number of aromatic nitrogens is 2. The molecule has 12 heavy (non-hydrogen) atoms. The topological polar surface area (TPSA) is 51.0 Å². The number of hydrogen-bond donors (Lipinski definition) is 1. The lowest BCUT2D eigenvalue weighted by molar-refractivity contribution is 0.347. The van der Waals surface area contributed by atoms with Crippen molar-refractivity contribution in [2.24, 2.45) is 0 Å². The fourth-order valence-electron chi connectivity index (χ4n) is 1.12. The Morgan fingerprint density at radius 2 is 2.25 bits per heavy atom. The highest BCUT2D eigenvalue weighted by atomic mass is 16.5. The van der Waals surface area contributed by atoms with E-state index in [0.29, 0.717) is 11.8 Å². The van der Waals surface area contributed by atoms with Crippen LogP contribution in [0, 0.1) is 0 Å². The Morgan fingerprint density at radius 3 is 2.67 bits per heavy atom. The summed E-state index contributed by atoms with van der Waals surface area (Å²) in [6.45, 7) is 6.07. The van der Waals surface area contributed by atoms with E-state index >= 15 is 0 Å². The maximum Gasteiger partial charge on any atom is 0.229 e. The van der Waals surface area contributed by atoms with Crippen LogP contribution in [-0.2, 0) is 0 Å². The molecule has 1 aromatic rings. The first-order chi connectivity index (χ1) is 5.77. The second-order valence-corrected chi connectivity index (χ2v) is 3.50. The summed E-state index contributed by atoms with van der Waals surface area (Å²) in [7, 11) is 0. The summed E-state index contributed by atoms with van der Waals surface area (Å²) in [5.41, 5.74) is 0. The number of hydrogen-bond acceptors (Lipinski definition) is 4. The van der Waals surface area contributed by atoms with E-state index in [4.69, 9.17) is 4.52 Å². The van der Waals surface area contributed by atoms with Crippen LogP contribution in [0.15, 0.2) is 4.52 Å². The summed E-state index contributed by atoms with van der Waals surface area (Å²) >= 11 is 0. The molecule has 0 unspecified atom stereocenters. The lowest BCUT2D eigenvalue weighted by Crippen LogP contribution is -2.40. The Hall–Kier alpha value is -0.900. The molecule has 1 aromatic heterocycles. The van der Waals surface area contributed by atoms with E-state index in [1.807, 2.05) is 0 Å². The largest absolute Gasteiger partial charge is 0.339 e. The van der Waals surface area contributed by atoms with Crippen molar-refractivity contribution >= 4 is 0 Å². The zero-order chi connectivity index (χ0) is 8.55. The third-order valence-electron chi connectivity index (χ3n) is 2.10. The molecule has 1 aliphatic rings. The highest BCUT2D eigenvalue weighted by Crippen LogP contribution is 2.19. The van der Waals surface area contributed by atoms with Crippen LogP contribution in [0.3, 0.4) is 0 Å². The molecule has 66 valence electrons. The second kappa shape index (κ2) is 2.86. The Morgan fingerprint density at radius 1 is 1.50 bits per heavy atom. The molecule has 1 saturated heterocycles. The lowest BCUT2D eigenvalue weighted by atomic mass is 10.0. The minimum atomic E-state index is 0.333. The Bertz CT molecular complexity index is 265. The molecule has 0 atom stereocenters. The molecule has 4 nitrogen and oxygen atoms in total. The van der Waals surface area contributed by atoms with Crippen molar-refractivity contribution < 1.29 is 4.52 Å². The average molecular weight is 167 g/mol. The van der Waals surface area contributed by atoms with Crippen LogP contribution < -0.4 is 5.32 Å². The molecule has 1 aliphatic heterocycles. The van der Waals surface area contributed by atoms with E-state index in [1.165, 1.54) is 0 Å². The average Bonchev–Trinajstić information content (AvgIpc) is 2.32. The van der Waals surface area contributed by atoms with Gasteiger partial charge in [-0.3, -0.25) is 0 Å². The van der Waals surface area contributed by atoms with Crippen molar-refractivity contribution in [2.75, 3.05) is 13.1 Å². The van der Waals surface area contributed by atoms with Gasteiger partial charge in [0.25, 0.3) is 0 Å². The van der Waals surface area contributed by atoms with Gasteiger partial charge in [0.1, 0.15) is 0 Å². The van der Waals surface area contributed by atoms with E-state index in [0.717, 1.165) is 24.8 Å². The van der Waals surface area contributed by atoms with Gasteiger partial charge in [-0.1, -0.05) is 19.0 Å². The maximum absolute atomic E-state index is 5.09. The molecule has 0 aliphatic carbocycles. The van der Waals surface area contributed by atoms with Gasteiger partial charge in [0, 0.05) is 24.9 Å². The quantitative estimate of drug-likeness (QED) is 0.710. The Labute approximate surface area is 71.4 Å². The molecule has 1 fully saturated rings. The summed E-state index contributed by atoms with van der Waals surface area (Å²) < 4.78 is 5.09. The van der Waals surface area contributed by atoms with Crippen LogP contribution in [-0.4, -0.2) is 23.2 Å². The van der Waals surface area contributed by atoms with Gasteiger partial charge in [-0.2, -0.15) is 4.98 Å². The lowest BCUT2D eigenvalue weighted by Gasteiger charge is -2.23. The van der Waals surface area contributed by atoms with Crippen molar-refractivity contribution in [3.8, 4) is 0 Å². The standard InChI is InChI=1S/C8H13N3O/c1-5(2)8-10-7(11-12-8)6-3-9-4-6/h5-6,9H,3-4H2,1-2H3. The van der Waals surface area contributed by atoms with E-state index in [2.05, 4.69) is 29.3 Å². The molecule has 0 bridgehead atoms. The van der Waals surface area contributed by atoms with Crippen LogP contribution in [0.4, 0.5) is 0 Å². The van der Waals surface area contributed by atoms with Crippen molar-refractivity contribution in [2.45, 2.75) is 25.7 Å². The SMILES string of the molecule is CC(C)c1nc(C2CNC2)no1. The predicted molar refractivity (Wildman–Crippen MR) is 44.0 cm³/mol. The van der Waals surface area contributed by atoms with Gasteiger partial charge < -0.3 is 9.84 Å². The first-order valence-electron chi connectivity index (χ1n) is 4.31. The minimum absolute atomic E-state index is 0.333. The highest BCUT2D eigenvalue weighted by molar-refractivity contribution is 5.03. The normalized spacial score (nSPS) is 18.2. The Kier molecular flexibility index (Phi) is 1.84. The predicted octanol–water partition coefficient (Wildman–Crippen LogP) is 0.880. The van der Waals surface area contributed by atoms with Gasteiger partial charge in [-0.15, -0.1) is 0 Å². The van der Waals surface area contributed by atoms with Gasteiger partial charge in [-0.25, -0.2) is 0 Å². The summed E-state index contributed by atoms with van der Waals surface area (Å²) in [6.07, 6.45) is 0. The van der Waals surface area contributed by atoms with Crippen molar-refractivity contribution in [3.05, 3.63) is 11.7 Å². The molecule has 0 amide bonds. The molecular formula is C8H13N3O. The molecular weight excluding hydrogens is 154 g/mol. The van der Waals surface area contributed by atoms with Crippen LogP contribution >= 0.6 is 0 Å². The molecule has 4 heteroatoms. The zero-order valence-electron chi connectivity index (χ0n) is 7.37. The molecule has 0 aromatic carbocycles. The van der Waals surface area contributed by atoms with Crippen LogP contribution in [0.5, 0.6) is 0 Å². The first-order valence-corrected chi connectivity index (χ1v) is 4.31. The van der Waals surface area contributed by atoms with E-state index < -0.39 is 0 Å². The van der Waals surface area contributed by atoms with Crippen LogP contribution in [0.1, 0.15) is 37.4 Å². The molecule has 0 radical (unpaired) electrons. The third kappa shape index (κ3) is 1.22. The summed E-state index contributed by atoms with van der Waals surface area (Å²) in [6, 6.07) is 0. The zero-order valence-corrected chi connectivity index (χ0v) is 7.37. The summed E-state index contributed by atoms with van der Waals surface area (Å²) in [5, 5.41) is 7.11. The third-order valence-corrected chi connectivity index (χ3v) is 2.10. The summed E-state index contributed by atoms with van der Waals surface area (Å²) in [4.78, 5) is 4.31. The number of nitrogens with one attached hydrogen (secondary N) is 1. The summed E-state index contributed by atoms with van der Waals surface area (Å²) in [5.74, 6) is 2.41. The number of rotatable bonds is 2. The van der Waals surface area contributed by atoms with E-state index in [9.17, 15) is 0 Å². The van der Waals surface area contributed by atoms with Gasteiger partial charge in [-0.05, 0) is 0 Å². The molecule has 2 rings (SSSR count). The van der Waals surface area contributed by atoms with Crippen LogP contribution in [0.2, 0.25) is 0 Å².